The van der Waals surface area contributed by atoms with Crippen molar-refractivity contribution in [1.29, 1.82) is 5.41 Å². The third-order valence-corrected chi connectivity index (χ3v) is 3.12. The van der Waals surface area contributed by atoms with Crippen molar-refractivity contribution in [2.24, 2.45) is 5.92 Å². The monoisotopic (exact) mass is 358 g/mol. The predicted molar refractivity (Wildman–Crippen MR) is 84.8 cm³/mol. The number of hydrogen-bond donors (Lipinski definition) is 2. The van der Waals surface area contributed by atoms with Crippen LogP contribution in [0.5, 0.6) is 0 Å². The first-order chi connectivity index (χ1) is 9.32. The number of aromatic nitrogens is 1. The summed E-state index contributed by atoms with van der Waals surface area (Å²) in [7, 11) is 1.59. The van der Waals surface area contributed by atoms with Gasteiger partial charge in [-0.15, -0.1) is 0 Å². The maximum absolute atomic E-state index is 11.9. The second-order valence-electron chi connectivity index (χ2n) is 4.43. The predicted octanol–water partition coefficient (Wildman–Crippen LogP) is 3.43. The van der Waals surface area contributed by atoms with Crippen molar-refractivity contribution in [3.05, 3.63) is 34.8 Å². The van der Waals surface area contributed by atoms with E-state index in [0.717, 1.165) is 10.2 Å². The van der Waals surface area contributed by atoms with E-state index in [1.165, 1.54) is 11.1 Å². The molecule has 1 heterocycles. The lowest BCUT2D eigenvalue weighted by Gasteiger charge is -2.21. The first-order valence-electron chi connectivity index (χ1n) is 5.92. The normalized spacial score (nSPS) is 11.4. The fourth-order valence-electron chi connectivity index (χ4n) is 1.46. The minimum absolute atomic E-state index is 0.115. The van der Waals surface area contributed by atoms with Gasteiger partial charge in [0.15, 0.2) is 0 Å². The first kappa shape index (κ1) is 16.7. The average Bonchev–Trinajstić information content (AvgIpc) is 2.37. The highest BCUT2D eigenvalue weighted by atomic mass is 79.9. The van der Waals surface area contributed by atoms with Crippen molar-refractivity contribution in [2.45, 2.75) is 13.8 Å². The number of nitrogens with one attached hydrogen (secondary N) is 2. The minimum atomic E-state index is -0.211. The Labute approximate surface area is 131 Å². The van der Waals surface area contributed by atoms with Crippen molar-refractivity contribution in [1.82, 2.24) is 9.88 Å². The zero-order chi connectivity index (χ0) is 15.3. The topological polar surface area (TPSA) is 69.1 Å². The van der Waals surface area contributed by atoms with Gasteiger partial charge in [0, 0.05) is 29.8 Å². The van der Waals surface area contributed by atoms with Gasteiger partial charge in [0.05, 0.1) is 17.6 Å². The molecule has 1 rings (SSSR count). The molecule has 0 bridgehead atoms. The summed E-state index contributed by atoms with van der Waals surface area (Å²) < 4.78 is 0.824. The molecule has 0 saturated heterocycles. The Morgan fingerprint density at radius 3 is 2.70 bits per heavy atom. The van der Waals surface area contributed by atoms with E-state index in [2.05, 4.69) is 26.2 Å². The van der Waals surface area contributed by atoms with Crippen LogP contribution in [-0.2, 0) is 4.79 Å². The molecule has 0 aliphatic rings. The largest absolute Gasteiger partial charge is 0.358 e. The quantitative estimate of drug-likeness (QED) is 0.791. The van der Waals surface area contributed by atoms with Crippen molar-refractivity contribution < 1.29 is 4.79 Å². The van der Waals surface area contributed by atoms with E-state index in [-0.39, 0.29) is 17.0 Å². The molecule has 0 unspecified atom stereocenters. The molecule has 0 aromatic carbocycles. The zero-order valence-corrected chi connectivity index (χ0v) is 13.8. The number of halogens is 2. The lowest BCUT2D eigenvalue weighted by Crippen LogP contribution is -2.32. The van der Waals surface area contributed by atoms with Gasteiger partial charge in [0.2, 0.25) is 5.91 Å². The molecule has 1 aromatic rings. The number of anilines is 1. The molecule has 1 amide bonds. The highest BCUT2D eigenvalue weighted by Gasteiger charge is 2.18. The second kappa shape index (κ2) is 7.40. The zero-order valence-electron chi connectivity index (χ0n) is 11.4. The van der Waals surface area contributed by atoms with Crippen LogP contribution in [0, 0.1) is 11.3 Å². The summed E-state index contributed by atoms with van der Waals surface area (Å²) in [6.45, 7) is 3.58. The van der Waals surface area contributed by atoms with Gasteiger partial charge in [0.1, 0.15) is 5.17 Å². The molecule has 0 spiro atoms. The van der Waals surface area contributed by atoms with Crippen LogP contribution >= 0.6 is 27.5 Å². The van der Waals surface area contributed by atoms with Gasteiger partial charge in [-0.2, -0.15) is 0 Å². The van der Waals surface area contributed by atoms with E-state index in [9.17, 15) is 4.79 Å². The van der Waals surface area contributed by atoms with Gasteiger partial charge in [-0.05, 0) is 22.0 Å². The summed E-state index contributed by atoms with van der Waals surface area (Å²) in [6, 6.07) is 1.82. The number of pyridine rings is 1. The number of allylic oxidation sites excluding steroid dienone is 1. The Kier molecular flexibility index (Phi) is 6.16. The minimum Gasteiger partial charge on any atom is -0.358 e. The highest BCUT2D eigenvalue weighted by Crippen LogP contribution is 2.16. The summed E-state index contributed by atoms with van der Waals surface area (Å²) in [5, 5.41) is 10.3. The Balaban J connectivity index is 2.94. The molecule has 0 radical (unpaired) electrons. The van der Waals surface area contributed by atoms with Crippen LogP contribution in [0.2, 0.25) is 0 Å². The van der Waals surface area contributed by atoms with E-state index in [4.69, 9.17) is 17.0 Å². The maximum Gasteiger partial charge on any atom is 0.229 e. The van der Waals surface area contributed by atoms with Gasteiger partial charge in [-0.25, -0.2) is 0 Å². The third-order valence-electron chi connectivity index (χ3n) is 2.49. The highest BCUT2D eigenvalue weighted by molar-refractivity contribution is 9.10. The van der Waals surface area contributed by atoms with Crippen LogP contribution in [-0.4, -0.2) is 28.0 Å². The van der Waals surface area contributed by atoms with E-state index in [1.54, 1.807) is 33.3 Å². The summed E-state index contributed by atoms with van der Waals surface area (Å²) in [6.07, 6.45) is 4.80. The maximum atomic E-state index is 11.9. The fraction of sp³-hybridized carbons (Fsp3) is 0.308. The smallest absolute Gasteiger partial charge is 0.229 e. The van der Waals surface area contributed by atoms with Gasteiger partial charge in [-0.1, -0.05) is 25.4 Å². The number of hydrogen-bond acceptors (Lipinski definition) is 4. The number of nitrogens with zero attached hydrogens (tertiary/aromatic N) is 2. The van der Waals surface area contributed by atoms with E-state index in [0.29, 0.717) is 5.70 Å². The molecule has 0 fully saturated rings. The summed E-state index contributed by atoms with van der Waals surface area (Å²) in [4.78, 5) is 17.3. The number of amides is 1. The van der Waals surface area contributed by atoms with Crippen LogP contribution < -0.4 is 5.32 Å². The molecule has 20 heavy (non-hydrogen) atoms. The van der Waals surface area contributed by atoms with E-state index < -0.39 is 0 Å². The van der Waals surface area contributed by atoms with Crippen LogP contribution in [0.1, 0.15) is 13.8 Å². The molecule has 108 valence electrons. The number of rotatable bonds is 5. The molecule has 2 N–H and O–H groups in total. The molecular formula is C13H16BrClN4O. The van der Waals surface area contributed by atoms with Crippen LogP contribution in [0.4, 0.5) is 5.69 Å². The molecule has 0 aliphatic carbocycles. The third kappa shape index (κ3) is 4.61. The summed E-state index contributed by atoms with van der Waals surface area (Å²) in [5.74, 6) is -0.289. The van der Waals surface area contributed by atoms with Crippen molar-refractivity contribution in [2.75, 3.05) is 12.4 Å². The molecule has 0 saturated carbocycles. The Hall–Kier alpha value is -1.40. The molecule has 0 aliphatic heterocycles. The Morgan fingerprint density at radius 1 is 1.55 bits per heavy atom. The Morgan fingerprint density at radius 2 is 2.20 bits per heavy atom. The standard InChI is InChI=1S/C13H16BrClN4O/c1-8(2)13(20)19(3)11(12(15)16)7-18-10-4-9(14)5-17-6-10/h4-8,16,18H,1-3H3/b11-7+,16-12?. The summed E-state index contributed by atoms with van der Waals surface area (Å²) in [5.41, 5.74) is 1.02. The van der Waals surface area contributed by atoms with Crippen LogP contribution in [0.25, 0.3) is 0 Å². The fourth-order valence-corrected chi connectivity index (χ4v) is 2.00. The SMILES string of the molecule is CC(C)C(=O)N(C)/C(=C/Nc1cncc(Br)c1)C(=N)Cl. The lowest BCUT2D eigenvalue weighted by molar-refractivity contribution is -0.131. The molecule has 5 nitrogen and oxygen atoms in total. The first-order valence-corrected chi connectivity index (χ1v) is 7.09. The molecular weight excluding hydrogens is 344 g/mol. The average molecular weight is 360 g/mol. The molecule has 1 aromatic heterocycles. The molecule has 7 heteroatoms. The van der Waals surface area contributed by atoms with E-state index >= 15 is 0 Å². The van der Waals surface area contributed by atoms with Crippen LogP contribution in [0.15, 0.2) is 34.8 Å². The lowest BCUT2D eigenvalue weighted by atomic mass is 10.2. The van der Waals surface area contributed by atoms with Gasteiger partial charge < -0.3 is 10.2 Å². The van der Waals surface area contributed by atoms with Gasteiger partial charge in [0.25, 0.3) is 0 Å². The van der Waals surface area contributed by atoms with Crippen LogP contribution in [0.3, 0.4) is 0 Å². The van der Waals surface area contributed by atoms with Crippen molar-refractivity contribution in [3.8, 4) is 0 Å². The van der Waals surface area contributed by atoms with Crippen molar-refractivity contribution >= 4 is 44.3 Å². The summed E-state index contributed by atoms with van der Waals surface area (Å²) >= 11 is 9.05. The van der Waals surface area contributed by atoms with Gasteiger partial charge in [-0.3, -0.25) is 15.2 Å². The van der Waals surface area contributed by atoms with Crippen molar-refractivity contribution in [3.63, 3.8) is 0 Å². The second-order valence-corrected chi connectivity index (χ2v) is 5.73. The molecule has 0 atom stereocenters. The Bertz CT molecular complexity index is 545. The number of carbonyl (C=O) groups excluding carboxylic acids is 1. The van der Waals surface area contributed by atoms with E-state index in [1.807, 2.05) is 6.07 Å². The van der Waals surface area contributed by atoms with Gasteiger partial charge >= 0.3 is 0 Å². The number of carbonyl (C=O) groups is 1.